The number of esters is 1. The van der Waals surface area contributed by atoms with Gasteiger partial charge in [0.25, 0.3) is 0 Å². The van der Waals surface area contributed by atoms with E-state index in [2.05, 4.69) is 12.6 Å². The Kier molecular flexibility index (Phi) is 4.66. The summed E-state index contributed by atoms with van der Waals surface area (Å²) in [6, 6.07) is 7.07. The van der Waals surface area contributed by atoms with Gasteiger partial charge in [0.05, 0.1) is 0 Å². The second-order valence-electron chi connectivity index (χ2n) is 4.78. The smallest absolute Gasteiger partial charge is 0.323 e. The van der Waals surface area contributed by atoms with Gasteiger partial charge < -0.3 is 10.5 Å². The molecule has 98 valence electrons. The number of rotatable bonds is 4. The van der Waals surface area contributed by atoms with Crippen molar-refractivity contribution in [3.8, 4) is 0 Å². The van der Waals surface area contributed by atoms with Crippen molar-refractivity contribution in [2.45, 2.75) is 49.1 Å². The second-order valence-corrected chi connectivity index (χ2v) is 5.26. The molecule has 2 rings (SSSR count). The van der Waals surface area contributed by atoms with Crippen LogP contribution in [-0.4, -0.2) is 18.1 Å². The van der Waals surface area contributed by atoms with E-state index in [1.165, 1.54) is 0 Å². The Morgan fingerprint density at radius 1 is 1.39 bits per heavy atom. The zero-order valence-corrected chi connectivity index (χ0v) is 11.2. The number of hydrogen-bond donors (Lipinski definition) is 2. The number of carbonyl (C=O) groups is 1. The Morgan fingerprint density at radius 2 is 2.06 bits per heavy atom. The predicted octanol–water partition coefficient (Wildman–Crippen LogP) is 2.33. The summed E-state index contributed by atoms with van der Waals surface area (Å²) >= 11 is 4.35. The molecule has 1 aromatic carbocycles. The Bertz CT molecular complexity index is 416. The number of thiol groups is 1. The molecular formula is C14H19NO2S. The summed E-state index contributed by atoms with van der Waals surface area (Å²) in [6.45, 7) is 0. The van der Waals surface area contributed by atoms with E-state index in [4.69, 9.17) is 10.5 Å². The first-order chi connectivity index (χ1) is 8.66. The Morgan fingerprint density at radius 3 is 2.72 bits per heavy atom. The maximum Gasteiger partial charge on any atom is 0.323 e. The molecule has 4 heteroatoms. The summed E-state index contributed by atoms with van der Waals surface area (Å²) in [4.78, 5) is 12.7. The van der Waals surface area contributed by atoms with E-state index in [0.29, 0.717) is 6.42 Å². The molecule has 0 unspecified atom stereocenters. The molecule has 1 aliphatic carbocycles. The Hall–Kier alpha value is -1.00. The van der Waals surface area contributed by atoms with Crippen molar-refractivity contribution in [2.24, 2.45) is 5.73 Å². The van der Waals surface area contributed by atoms with Gasteiger partial charge in [-0.25, -0.2) is 0 Å². The highest BCUT2D eigenvalue weighted by molar-refractivity contribution is 7.80. The quantitative estimate of drug-likeness (QED) is 0.649. The molecular weight excluding hydrogens is 246 g/mol. The van der Waals surface area contributed by atoms with Gasteiger partial charge in [0.2, 0.25) is 0 Å². The van der Waals surface area contributed by atoms with Gasteiger partial charge in [-0.15, -0.1) is 12.6 Å². The standard InChI is InChI=1S/C14H19NO2S/c15-12(9-10-5-1-4-8-13(10)18)14(16)17-11-6-2-3-7-11/h1,4-5,8,11-12,18H,2-3,6-7,9,15H2/t12-/m0/s1. The highest BCUT2D eigenvalue weighted by atomic mass is 32.1. The first-order valence-corrected chi connectivity index (χ1v) is 6.84. The normalized spacial score (nSPS) is 17.7. The molecule has 0 aromatic heterocycles. The highest BCUT2D eigenvalue weighted by Gasteiger charge is 2.23. The fraction of sp³-hybridized carbons (Fsp3) is 0.500. The molecule has 1 aromatic rings. The van der Waals surface area contributed by atoms with Gasteiger partial charge >= 0.3 is 5.97 Å². The molecule has 0 radical (unpaired) electrons. The topological polar surface area (TPSA) is 52.3 Å². The van der Waals surface area contributed by atoms with Crippen LogP contribution in [0.3, 0.4) is 0 Å². The van der Waals surface area contributed by atoms with Gasteiger partial charge in [0.15, 0.2) is 0 Å². The van der Waals surface area contributed by atoms with Crippen molar-refractivity contribution >= 4 is 18.6 Å². The number of carbonyl (C=O) groups excluding carboxylic acids is 1. The van der Waals surface area contributed by atoms with Crippen LogP contribution in [0.5, 0.6) is 0 Å². The molecule has 2 N–H and O–H groups in total. The fourth-order valence-electron chi connectivity index (χ4n) is 2.26. The van der Waals surface area contributed by atoms with Crippen molar-refractivity contribution in [3.05, 3.63) is 29.8 Å². The van der Waals surface area contributed by atoms with Crippen LogP contribution in [0, 0.1) is 0 Å². The molecule has 1 saturated carbocycles. The van der Waals surface area contributed by atoms with Crippen molar-refractivity contribution in [3.63, 3.8) is 0 Å². The van der Waals surface area contributed by atoms with E-state index in [-0.39, 0.29) is 12.1 Å². The lowest BCUT2D eigenvalue weighted by atomic mass is 10.1. The van der Waals surface area contributed by atoms with E-state index in [9.17, 15) is 4.79 Å². The number of ether oxygens (including phenoxy) is 1. The first-order valence-electron chi connectivity index (χ1n) is 6.40. The van der Waals surface area contributed by atoms with Crippen molar-refractivity contribution < 1.29 is 9.53 Å². The number of nitrogens with two attached hydrogens (primary N) is 1. The summed E-state index contributed by atoms with van der Waals surface area (Å²) in [5.41, 5.74) is 6.87. The molecule has 0 amide bonds. The third kappa shape index (κ3) is 3.50. The molecule has 0 spiro atoms. The van der Waals surface area contributed by atoms with E-state index < -0.39 is 6.04 Å². The molecule has 1 fully saturated rings. The number of hydrogen-bond acceptors (Lipinski definition) is 4. The van der Waals surface area contributed by atoms with Crippen LogP contribution in [0.4, 0.5) is 0 Å². The maximum absolute atomic E-state index is 11.8. The van der Waals surface area contributed by atoms with E-state index in [0.717, 1.165) is 36.1 Å². The third-order valence-corrected chi connectivity index (χ3v) is 3.76. The summed E-state index contributed by atoms with van der Waals surface area (Å²) in [6.07, 6.45) is 4.79. The molecule has 1 atom stereocenters. The summed E-state index contributed by atoms with van der Waals surface area (Å²) < 4.78 is 5.40. The lowest BCUT2D eigenvalue weighted by molar-refractivity contribution is -0.150. The second kappa shape index (κ2) is 6.25. The third-order valence-electron chi connectivity index (χ3n) is 3.32. The monoisotopic (exact) mass is 265 g/mol. The van der Waals surface area contributed by atoms with Crippen molar-refractivity contribution in [2.75, 3.05) is 0 Å². The summed E-state index contributed by atoms with van der Waals surface area (Å²) in [5.74, 6) is -0.293. The molecule has 0 saturated heterocycles. The van der Waals surface area contributed by atoms with Crippen LogP contribution < -0.4 is 5.73 Å². The van der Waals surface area contributed by atoms with E-state index in [1.54, 1.807) is 0 Å². The molecule has 3 nitrogen and oxygen atoms in total. The molecule has 0 aliphatic heterocycles. The Balaban J connectivity index is 1.89. The van der Waals surface area contributed by atoms with Crippen LogP contribution in [0.15, 0.2) is 29.2 Å². The van der Waals surface area contributed by atoms with Gasteiger partial charge in [0, 0.05) is 4.90 Å². The van der Waals surface area contributed by atoms with Gasteiger partial charge in [0.1, 0.15) is 12.1 Å². The molecule has 18 heavy (non-hydrogen) atoms. The first kappa shape index (κ1) is 13.4. The average molecular weight is 265 g/mol. The summed E-state index contributed by atoms with van der Waals surface area (Å²) in [7, 11) is 0. The minimum absolute atomic E-state index is 0.0785. The van der Waals surface area contributed by atoms with Crippen LogP contribution in [0.25, 0.3) is 0 Å². The van der Waals surface area contributed by atoms with Crippen LogP contribution in [0.1, 0.15) is 31.2 Å². The van der Waals surface area contributed by atoms with Gasteiger partial charge in [-0.1, -0.05) is 18.2 Å². The maximum atomic E-state index is 11.8. The summed E-state index contributed by atoms with van der Waals surface area (Å²) in [5, 5.41) is 0. The van der Waals surface area contributed by atoms with Crippen LogP contribution in [-0.2, 0) is 16.0 Å². The van der Waals surface area contributed by atoms with E-state index >= 15 is 0 Å². The molecule has 0 bridgehead atoms. The average Bonchev–Trinajstić information content (AvgIpc) is 2.84. The lowest BCUT2D eigenvalue weighted by Crippen LogP contribution is -2.36. The number of benzene rings is 1. The van der Waals surface area contributed by atoms with Gasteiger partial charge in [-0.2, -0.15) is 0 Å². The highest BCUT2D eigenvalue weighted by Crippen LogP contribution is 2.22. The lowest BCUT2D eigenvalue weighted by Gasteiger charge is -2.16. The fourth-order valence-corrected chi connectivity index (χ4v) is 2.51. The molecule has 0 heterocycles. The largest absolute Gasteiger partial charge is 0.461 e. The molecule has 1 aliphatic rings. The Labute approximate surface area is 113 Å². The van der Waals surface area contributed by atoms with Crippen LogP contribution in [0.2, 0.25) is 0 Å². The van der Waals surface area contributed by atoms with Gasteiger partial charge in [-0.05, 0) is 43.7 Å². The SMILES string of the molecule is N[C@@H](Cc1ccccc1S)C(=O)OC1CCCC1. The minimum atomic E-state index is -0.598. The zero-order chi connectivity index (χ0) is 13.0. The van der Waals surface area contributed by atoms with Crippen molar-refractivity contribution in [1.82, 2.24) is 0 Å². The predicted molar refractivity (Wildman–Crippen MR) is 73.7 cm³/mol. The van der Waals surface area contributed by atoms with Gasteiger partial charge in [-0.3, -0.25) is 4.79 Å². The minimum Gasteiger partial charge on any atom is -0.461 e. The zero-order valence-electron chi connectivity index (χ0n) is 10.3. The van der Waals surface area contributed by atoms with Crippen molar-refractivity contribution in [1.29, 1.82) is 0 Å². The van der Waals surface area contributed by atoms with E-state index in [1.807, 2.05) is 24.3 Å². The van der Waals surface area contributed by atoms with Crippen LogP contribution >= 0.6 is 12.6 Å².